The van der Waals surface area contributed by atoms with Gasteiger partial charge < -0.3 is 16.0 Å². The number of anilines is 1. The number of fused-ring (bicyclic) bond motifs is 1. The van der Waals surface area contributed by atoms with Gasteiger partial charge in [-0.2, -0.15) is 0 Å². The van der Waals surface area contributed by atoms with Gasteiger partial charge in [0.2, 0.25) is 5.91 Å². The number of amides is 1. The highest BCUT2D eigenvalue weighted by Gasteiger charge is 2.28. The molecular weight excluding hydrogens is 316 g/mol. The number of carbonyl (C=O) groups excluding carboxylic acids is 1. The molecular formula is C18H22N6O. The van der Waals surface area contributed by atoms with Crippen molar-refractivity contribution in [2.75, 3.05) is 24.5 Å². The van der Waals surface area contributed by atoms with E-state index in [-0.39, 0.29) is 11.8 Å². The van der Waals surface area contributed by atoms with Crippen LogP contribution in [0.25, 0.3) is 11.5 Å². The zero-order chi connectivity index (χ0) is 17.2. The lowest BCUT2D eigenvalue weighted by atomic mass is 9.96. The molecule has 130 valence electrons. The van der Waals surface area contributed by atoms with E-state index in [1.165, 1.54) is 5.56 Å². The van der Waals surface area contributed by atoms with Gasteiger partial charge in [-0.1, -0.05) is 6.07 Å². The summed E-state index contributed by atoms with van der Waals surface area (Å²) in [6.07, 6.45) is 4.45. The van der Waals surface area contributed by atoms with Gasteiger partial charge in [0.1, 0.15) is 11.5 Å². The molecule has 3 N–H and O–H groups in total. The van der Waals surface area contributed by atoms with E-state index in [1.54, 1.807) is 6.20 Å². The molecule has 2 aliphatic rings. The SMILES string of the molecule is NC(=O)[C@H]1CCCN(c2nc(-c3ccccn3)nc3c2CCNC3)C1. The van der Waals surface area contributed by atoms with Crippen molar-refractivity contribution in [1.82, 2.24) is 20.3 Å². The van der Waals surface area contributed by atoms with Crippen LogP contribution in [0.1, 0.15) is 24.1 Å². The fourth-order valence-electron chi connectivity index (χ4n) is 3.61. The first-order chi connectivity index (χ1) is 12.2. The summed E-state index contributed by atoms with van der Waals surface area (Å²) in [7, 11) is 0. The summed E-state index contributed by atoms with van der Waals surface area (Å²) in [5.41, 5.74) is 8.52. The predicted octanol–water partition coefficient (Wildman–Crippen LogP) is 0.886. The third kappa shape index (κ3) is 3.19. The molecule has 0 bridgehead atoms. The summed E-state index contributed by atoms with van der Waals surface area (Å²) < 4.78 is 0. The molecule has 0 aromatic carbocycles. The Morgan fingerprint density at radius 2 is 2.24 bits per heavy atom. The third-order valence-corrected chi connectivity index (χ3v) is 4.93. The van der Waals surface area contributed by atoms with Crippen molar-refractivity contribution in [3.8, 4) is 11.5 Å². The molecule has 2 aromatic rings. The van der Waals surface area contributed by atoms with Gasteiger partial charge in [-0.15, -0.1) is 0 Å². The van der Waals surface area contributed by atoms with Gasteiger partial charge in [-0.3, -0.25) is 9.78 Å². The largest absolute Gasteiger partial charge is 0.369 e. The Bertz CT molecular complexity index is 779. The smallest absolute Gasteiger partial charge is 0.222 e. The first-order valence-corrected chi connectivity index (χ1v) is 8.78. The molecule has 1 amide bonds. The van der Waals surface area contributed by atoms with E-state index in [0.717, 1.165) is 56.1 Å². The maximum absolute atomic E-state index is 11.7. The molecule has 0 spiro atoms. The number of nitrogens with two attached hydrogens (primary N) is 1. The summed E-state index contributed by atoms with van der Waals surface area (Å²) in [5.74, 6) is 1.25. The molecule has 2 aliphatic heterocycles. The first-order valence-electron chi connectivity index (χ1n) is 8.78. The van der Waals surface area contributed by atoms with Crippen LogP contribution in [0, 0.1) is 5.92 Å². The number of aromatic nitrogens is 3. The van der Waals surface area contributed by atoms with Gasteiger partial charge in [0.15, 0.2) is 5.82 Å². The van der Waals surface area contributed by atoms with Crippen LogP contribution in [0.4, 0.5) is 5.82 Å². The minimum absolute atomic E-state index is 0.112. The second kappa shape index (κ2) is 6.76. The molecule has 4 heterocycles. The highest BCUT2D eigenvalue weighted by Crippen LogP contribution is 2.30. The monoisotopic (exact) mass is 338 g/mol. The molecule has 0 saturated carbocycles. The molecule has 1 saturated heterocycles. The average Bonchev–Trinajstić information content (AvgIpc) is 2.68. The van der Waals surface area contributed by atoms with Gasteiger partial charge in [-0.25, -0.2) is 9.97 Å². The van der Waals surface area contributed by atoms with E-state index in [0.29, 0.717) is 12.4 Å². The minimum atomic E-state index is -0.223. The van der Waals surface area contributed by atoms with E-state index in [2.05, 4.69) is 15.2 Å². The second-order valence-corrected chi connectivity index (χ2v) is 6.63. The maximum atomic E-state index is 11.7. The van der Waals surface area contributed by atoms with Crippen molar-refractivity contribution >= 4 is 11.7 Å². The number of hydrogen-bond donors (Lipinski definition) is 2. The summed E-state index contributed by atoms with van der Waals surface area (Å²) >= 11 is 0. The third-order valence-electron chi connectivity index (χ3n) is 4.93. The van der Waals surface area contributed by atoms with Crippen LogP contribution < -0.4 is 16.0 Å². The molecule has 4 rings (SSSR count). The zero-order valence-corrected chi connectivity index (χ0v) is 14.1. The number of hydrogen-bond acceptors (Lipinski definition) is 6. The van der Waals surface area contributed by atoms with Crippen LogP contribution in [0.2, 0.25) is 0 Å². The quantitative estimate of drug-likeness (QED) is 0.862. The van der Waals surface area contributed by atoms with Gasteiger partial charge >= 0.3 is 0 Å². The van der Waals surface area contributed by atoms with E-state index >= 15 is 0 Å². The molecule has 1 atom stereocenters. The van der Waals surface area contributed by atoms with Gasteiger partial charge in [0.25, 0.3) is 0 Å². The van der Waals surface area contributed by atoms with Crippen molar-refractivity contribution in [2.45, 2.75) is 25.8 Å². The van der Waals surface area contributed by atoms with E-state index in [9.17, 15) is 4.79 Å². The number of nitrogens with one attached hydrogen (secondary N) is 1. The molecule has 25 heavy (non-hydrogen) atoms. The van der Waals surface area contributed by atoms with Gasteiger partial charge in [-0.05, 0) is 37.9 Å². The summed E-state index contributed by atoms with van der Waals surface area (Å²) in [5, 5.41) is 3.37. The highest BCUT2D eigenvalue weighted by atomic mass is 16.1. The number of pyridine rings is 1. The fourth-order valence-corrected chi connectivity index (χ4v) is 3.61. The summed E-state index contributed by atoms with van der Waals surface area (Å²) in [4.78, 5) is 27.8. The molecule has 0 aliphatic carbocycles. The summed E-state index contributed by atoms with van der Waals surface area (Å²) in [6, 6.07) is 5.74. The number of carbonyl (C=O) groups is 1. The molecule has 7 nitrogen and oxygen atoms in total. The Kier molecular flexibility index (Phi) is 4.31. The number of primary amides is 1. The lowest BCUT2D eigenvalue weighted by molar-refractivity contribution is -0.122. The van der Waals surface area contributed by atoms with E-state index in [4.69, 9.17) is 15.7 Å². The standard InChI is InChI=1S/C18H22N6O/c19-16(25)12-4-3-9-24(11-12)18-13-6-8-20-10-15(13)22-17(23-18)14-5-1-2-7-21-14/h1-2,5,7,12,20H,3-4,6,8-11H2,(H2,19,25)/t12-/m0/s1. The maximum Gasteiger partial charge on any atom is 0.222 e. The predicted molar refractivity (Wildman–Crippen MR) is 94.8 cm³/mol. The number of nitrogens with zero attached hydrogens (tertiary/aromatic N) is 4. The normalized spacial score (nSPS) is 20.2. The molecule has 1 fully saturated rings. The van der Waals surface area contributed by atoms with Crippen molar-refractivity contribution in [3.63, 3.8) is 0 Å². The Hall–Kier alpha value is -2.54. The highest BCUT2D eigenvalue weighted by molar-refractivity contribution is 5.77. The lowest BCUT2D eigenvalue weighted by Gasteiger charge is -2.34. The Labute approximate surface area is 146 Å². The Morgan fingerprint density at radius 3 is 3.04 bits per heavy atom. The topological polar surface area (TPSA) is 97.0 Å². The van der Waals surface area contributed by atoms with Crippen LogP contribution in [0.5, 0.6) is 0 Å². The van der Waals surface area contributed by atoms with Gasteiger partial charge in [0.05, 0.1) is 11.6 Å². The van der Waals surface area contributed by atoms with Crippen LogP contribution in [0.3, 0.4) is 0 Å². The minimum Gasteiger partial charge on any atom is -0.369 e. The van der Waals surface area contributed by atoms with Crippen LogP contribution in [-0.2, 0) is 17.8 Å². The molecule has 0 unspecified atom stereocenters. The van der Waals surface area contributed by atoms with Crippen molar-refractivity contribution < 1.29 is 4.79 Å². The molecule has 0 radical (unpaired) electrons. The first kappa shape index (κ1) is 16.0. The van der Waals surface area contributed by atoms with Crippen LogP contribution in [0.15, 0.2) is 24.4 Å². The Balaban J connectivity index is 1.76. The van der Waals surface area contributed by atoms with E-state index in [1.807, 2.05) is 18.2 Å². The number of piperidine rings is 1. The second-order valence-electron chi connectivity index (χ2n) is 6.63. The van der Waals surface area contributed by atoms with Crippen LogP contribution in [-0.4, -0.2) is 40.5 Å². The summed E-state index contributed by atoms with van der Waals surface area (Å²) in [6.45, 7) is 3.17. The zero-order valence-electron chi connectivity index (χ0n) is 14.1. The van der Waals surface area contributed by atoms with Crippen molar-refractivity contribution in [3.05, 3.63) is 35.7 Å². The Morgan fingerprint density at radius 1 is 1.32 bits per heavy atom. The van der Waals surface area contributed by atoms with Crippen molar-refractivity contribution in [2.24, 2.45) is 11.7 Å². The van der Waals surface area contributed by atoms with E-state index < -0.39 is 0 Å². The average molecular weight is 338 g/mol. The fraction of sp³-hybridized carbons (Fsp3) is 0.444. The van der Waals surface area contributed by atoms with Crippen LogP contribution >= 0.6 is 0 Å². The number of rotatable bonds is 3. The van der Waals surface area contributed by atoms with Gasteiger partial charge in [0, 0.05) is 31.4 Å². The van der Waals surface area contributed by atoms with Crippen molar-refractivity contribution in [1.29, 1.82) is 0 Å². The molecule has 2 aromatic heterocycles. The molecule has 7 heteroatoms. The lowest BCUT2D eigenvalue weighted by Crippen LogP contribution is -2.42.